The van der Waals surface area contributed by atoms with Gasteiger partial charge in [-0.25, -0.2) is 4.79 Å². The lowest BCUT2D eigenvalue weighted by Crippen LogP contribution is -2.39. The summed E-state index contributed by atoms with van der Waals surface area (Å²) in [6.45, 7) is 1.43. The van der Waals surface area contributed by atoms with Crippen molar-refractivity contribution in [1.82, 2.24) is 9.88 Å². The first kappa shape index (κ1) is 10.7. The van der Waals surface area contributed by atoms with E-state index in [-0.39, 0.29) is 6.03 Å². The van der Waals surface area contributed by atoms with Crippen LogP contribution in [0.25, 0.3) is 6.08 Å². The van der Waals surface area contributed by atoms with Gasteiger partial charge >= 0.3 is 6.03 Å². The molecule has 4 heteroatoms. The van der Waals surface area contributed by atoms with E-state index in [9.17, 15) is 4.79 Å². The number of amides is 2. The molecule has 84 valence electrons. The van der Waals surface area contributed by atoms with Crippen LogP contribution in [-0.4, -0.2) is 29.0 Å². The number of aromatic nitrogens is 1. The highest BCUT2D eigenvalue weighted by atomic mass is 16.2. The van der Waals surface area contributed by atoms with Crippen LogP contribution in [0.1, 0.15) is 18.5 Å². The average Bonchev–Trinajstić information content (AvgIpc) is 2.31. The monoisotopic (exact) mass is 217 g/mol. The standard InChI is InChI=1S/C12H15N3O/c13-12(16)15-7-4-10(5-8-15)9-11-3-1-2-6-14-11/h1-3,6,9H,4-5,7-8H2,(H2,13,16). The fourth-order valence-corrected chi connectivity index (χ4v) is 1.83. The molecule has 1 aromatic rings. The Morgan fingerprint density at radius 3 is 2.69 bits per heavy atom. The Bertz CT molecular complexity index is 390. The number of nitrogens with zero attached hydrogens (tertiary/aromatic N) is 2. The molecular formula is C12H15N3O. The molecule has 1 saturated heterocycles. The lowest BCUT2D eigenvalue weighted by molar-refractivity contribution is 0.203. The third-order valence-electron chi connectivity index (χ3n) is 2.76. The van der Waals surface area contributed by atoms with Gasteiger partial charge in [-0.1, -0.05) is 11.6 Å². The minimum Gasteiger partial charge on any atom is -0.351 e. The van der Waals surface area contributed by atoms with Gasteiger partial charge in [0.2, 0.25) is 0 Å². The van der Waals surface area contributed by atoms with E-state index in [0.29, 0.717) is 13.1 Å². The number of piperidine rings is 1. The molecule has 1 aliphatic rings. The Morgan fingerprint density at radius 2 is 2.12 bits per heavy atom. The molecule has 0 radical (unpaired) electrons. The van der Waals surface area contributed by atoms with Crippen molar-refractivity contribution in [3.8, 4) is 0 Å². The summed E-state index contributed by atoms with van der Waals surface area (Å²) in [4.78, 5) is 16.9. The third kappa shape index (κ3) is 2.59. The van der Waals surface area contributed by atoms with Crippen molar-refractivity contribution in [2.24, 2.45) is 5.73 Å². The van der Waals surface area contributed by atoms with Crippen molar-refractivity contribution in [3.63, 3.8) is 0 Å². The molecular weight excluding hydrogens is 202 g/mol. The summed E-state index contributed by atoms with van der Waals surface area (Å²) in [6, 6.07) is 5.53. The molecule has 2 rings (SSSR count). The number of hydrogen-bond acceptors (Lipinski definition) is 2. The summed E-state index contributed by atoms with van der Waals surface area (Å²) in [5.41, 5.74) is 7.53. The molecule has 4 nitrogen and oxygen atoms in total. The number of hydrogen-bond donors (Lipinski definition) is 1. The van der Waals surface area contributed by atoms with Gasteiger partial charge in [-0.15, -0.1) is 0 Å². The Balaban J connectivity index is 1.99. The fraction of sp³-hybridized carbons (Fsp3) is 0.333. The third-order valence-corrected chi connectivity index (χ3v) is 2.76. The molecule has 0 bridgehead atoms. The maximum Gasteiger partial charge on any atom is 0.314 e. The van der Waals surface area contributed by atoms with E-state index in [1.54, 1.807) is 11.1 Å². The summed E-state index contributed by atoms with van der Waals surface area (Å²) in [7, 11) is 0. The second-order valence-corrected chi connectivity index (χ2v) is 3.88. The molecule has 2 amide bonds. The van der Waals surface area contributed by atoms with Crippen molar-refractivity contribution in [1.29, 1.82) is 0 Å². The Kier molecular flexibility index (Phi) is 3.19. The Labute approximate surface area is 94.8 Å². The van der Waals surface area contributed by atoms with Gasteiger partial charge in [-0.2, -0.15) is 0 Å². The predicted octanol–water partition coefficient (Wildman–Crippen LogP) is 1.64. The Morgan fingerprint density at radius 1 is 1.38 bits per heavy atom. The summed E-state index contributed by atoms with van der Waals surface area (Å²) in [5, 5.41) is 0. The van der Waals surface area contributed by atoms with Crippen LogP contribution in [0.4, 0.5) is 4.79 Å². The van der Waals surface area contributed by atoms with Crippen molar-refractivity contribution in [3.05, 3.63) is 35.7 Å². The first-order valence-electron chi connectivity index (χ1n) is 5.40. The first-order valence-corrected chi connectivity index (χ1v) is 5.40. The molecule has 2 heterocycles. The van der Waals surface area contributed by atoms with Crippen LogP contribution in [-0.2, 0) is 0 Å². The topological polar surface area (TPSA) is 59.2 Å². The number of carbonyl (C=O) groups is 1. The maximum atomic E-state index is 10.9. The number of urea groups is 1. The maximum absolute atomic E-state index is 10.9. The van der Waals surface area contributed by atoms with Crippen molar-refractivity contribution >= 4 is 12.1 Å². The molecule has 0 aromatic carbocycles. The molecule has 1 aromatic heterocycles. The minimum absolute atomic E-state index is 0.322. The molecule has 2 N–H and O–H groups in total. The van der Waals surface area contributed by atoms with Crippen molar-refractivity contribution in [2.75, 3.05) is 13.1 Å². The van der Waals surface area contributed by atoms with Crippen molar-refractivity contribution in [2.45, 2.75) is 12.8 Å². The van der Waals surface area contributed by atoms with Gasteiger partial charge in [0.25, 0.3) is 0 Å². The van der Waals surface area contributed by atoms with Gasteiger partial charge < -0.3 is 10.6 Å². The van der Waals surface area contributed by atoms with E-state index < -0.39 is 0 Å². The summed E-state index contributed by atoms with van der Waals surface area (Å²) in [6.07, 6.45) is 5.66. The summed E-state index contributed by atoms with van der Waals surface area (Å²) >= 11 is 0. The van der Waals surface area contributed by atoms with Crippen LogP contribution in [0.5, 0.6) is 0 Å². The quantitative estimate of drug-likeness (QED) is 0.777. The van der Waals surface area contributed by atoms with Crippen LogP contribution in [0, 0.1) is 0 Å². The van der Waals surface area contributed by atoms with Crippen LogP contribution >= 0.6 is 0 Å². The SMILES string of the molecule is NC(=O)N1CCC(=Cc2ccccn2)CC1. The zero-order valence-corrected chi connectivity index (χ0v) is 9.10. The fourth-order valence-electron chi connectivity index (χ4n) is 1.83. The number of pyridine rings is 1. The van der Waals surface area contributed by atoms with E-state index in [4.69, 9.17) is 5.73 Å². The highest BCUT2D eigenvalue weighted by Gasteiger charge is 2.16. The molecule has 0 atom stereocenters. The van der Waals surface area contributed by atoms with Crippen LogP contribution in [0.2, 0.25) is 0 Å². The first-order chi connectivity index (χ1) is 7.75. The van der Waals surface area contributed by atoms with Crippen LogP contribution < -0.4 is 5.73 Å². The number of rotatable bonds is 1. The zero-order chi connectivity index (χ0) is 11.4. The van der Waals surface area contributed by atoms with E-state index in [2.05, 4.69) is 11.1 Å². The van der Waals surface area contributed by atoms with E-state index in [0.717, 1.165) is 18.5 Å². The molecule has 0 saturated carbocycles. The van der Waals surface area contributed by atoms with E-state index >= 15 is 0 Å². The molecule has 0 spiro atoms. The van der Waals surface area contributed by atoms with Gasteiger partial charge in [0.1, 0.15) is 0 Å². The minimum atomic E-state index is -0.322. The molecule has 1 fully saturated rings. The Hall–Kier alpha value is -1.84. The average molecular weight is 217 g/mol. The largest absolute Gasteiger partial charge is 0.351 e. The molecule has 16 heavy (non-hydrogen) atoms. The number of carbonyl (C=O) groups excluding carboxylic acids is 1. The summed E-state index contributed by atoms with van der Waals surface area (Å²) < 4.78 is 0. The molecule has 0 unspecified atom stereocenters. The number of nitrogens with two attached hydrogens (primary N) is 1. The zero-order valence-electron chi connectivity index (χ0n) is 9.10. The highest BCUT2D eigenvalue weighted by Crippen LogP contribution is 2.18. The molecule has 1 aliphatic heterocycles. The van der Waals surface area contributed by atoms with Gasteiger partial charge in [0.05, 0.1) is 5.69 Å². The van der Waals surface area contributed by atoms with E-state index in [1.807, 2.05) is 18.2 Å². The highest BCUT2D eigenvalue weighted by molar-refractivity contribution is 5.72. The van der Waals surface area contributed by atoms with Crippen molar-refractivity contribution < 1.29 is 4.79 Å². The predicted molar refractivity (Wildman–Crippen MR) is 62.6 cm³/mol. The summed E-state index contributed by atoms with van der Waals surface area (Å²) in [5.74, 6) is 0. The van der Waals surface area contributed by atoms with Gasteiger partial charge in [0.15, 0.2) is 0 Å². The van der Waals surface area contributed by atoms with Gasteiger partial charge in [-0.3, -0.25) is 4.98 Å². The lowest BCUT2D eigenvalue weighted by atomic mass is 10.0. The second-order valence-electron chi connectivity index (χ2n) is 3.88. The number of primary amides is 1. The van der Waals surface area contributed by atoms with Gasteiger partial charge in [-0.05, 0) is 31.1 Å². The lowest BCUT2D eigenvalue weighted by Gasteiger charge is -2.26. The van der Waals surface area contributed by atoms with Crippen LogP contribution in [0.3, 0.4) is 0 Å². The normalized spacial score (nSPS) is 16.0. The smallest absolute Gasteiger partial charge is 0.314 e. The number of likely N-dealkylation sites (tertiary alicyclic amines) is 1. The molecule has 0 aliphatic carbocycles. The van der Waals surface area contributed by atoms with Gasteiger partial charge in [0, 0.05) is 19.3 Å². The van der Waals surface area contributed by atoms with E-state index in [1.165, 1.54) is 5.57 Å². The van der Waals surface area contributed by atoms with Crippen LogP contribution in [0.15, 0.2) is 30.0 Å². The second kappa shape index (κ2) is 4.79.